The summed E-state index contributed by atoms with van der Waals surface area (Å²) in [7, 11) is 0. The van der Waals surface area contributed by atoms with Crippen molar-refractivity contribution in [3.05, 3.63) is 71.5 Å². The standard InChI is InChI=1S/C21H18N4O3/c22-19-8-6-13-5-7-14(11-18(13)28-19)24-21-23-10-9-16(25-21)20-15-3-1-2-4-17(15)26-12-27-20/h1-5,7,9-11,20,22H,6,8,12H2,(H,23,24,25). The first-order valence-corrected chi connectivity index (χ1v) is 9.08. The lowest BCUT2D eigenvalue weighted by Gasteiger charge is -2.25. The molecule has 0 fully saturated rings. The summed E-state index contributed by atoms with van der Waals surface area (Å²) in [5.74, 6) is 2.27. The van der Waals surface area contributed by atoms with Gasteiger partial charge in [-0.05, 0) is 30.2 Å². The van der Waals surface area contributed by atoms with E-state index in [1.165, 1.54) is 0 Å². The van der Waals surface area contributed by atoms with E-state index in [0.29, 0.717) is 24.0 Å². The highest BCUT2D eigenvalue weighted by Crippen LogP contribution is 2.36. The highest BCUT2D eigenvalue weighted by Gasteiger charge is 2.25. The summed E-state index contributed by atoms with van der Waals surface area (Å²) in [6.45, 7) is 0.183. The van der Waals surface area contributed by atoms with Crippen LogP contribution in [0, 0.1) is 5.41 Å². The zero-order chi connectivity index (χ0) is 18.9. The molecule has 0 radical (unpaired) electrons. The van der Waals surface area contributed by atoms with E-state index in [-0.39, 0.29) is 12.9 Å². The summed E-state index contributed by atoms with van der Waals surface area (Å²) >= 11 is 0. The van der Waals surface area contributed by atoms with Gasteiger partial charge in [0.15, 0.2) is 12.7 Å². The Morgan fingerprint density at radius 2 is 1.96 bits per heavy atom. The molecule has 1 atom stereocenters. The Balaban J connectivity index is 1.42. The zero-order valence-corrected chi connectivity index (χ0v) is 15.0. The smallest absolute Gasteiger partial charge is 0.227 e. The number of para-hydroxylation sites is 1. The molecule has 7 heteroatoms. The van der Waals surface area contributed by atoms with Crippen LogP contribution in [0.2, 0.25) is 0 Å². The van der Waals surface area contributed by atoms with E-state index in [0.717, 1.165) is 34.7 Å². The SMILES string of the molecule is N=C1CCc2ccc(Nc3nccc(C4OCOc5ccccc54)n3)cc2O1. The summed E-state index contributed by atoms with van der Waals surface area (Å²) in [6.07, 6.45) is 2.86. The molecule has 0 amide bonds. The molecular formula is C21H18N4O3. The molecule has 0 saturated carbocycles. The first kappa shape index (κ1) is 16.7. The molecule has 3 aromatic rings. The van der Waals surface area contributed by atoms with Crippen LogP contribution in [0.5, 0.6) is 11.5 Å². The Kier molecular flexibility index (Phi) is 4.14. The molecule has 3 heterocycles. The quantitative estimate of drug-likeness (QED) is 0.721. The van der Waals surface area contributed by atoms with Crippen LogP contribution >= 0.6 is 0 Å². The number of hydrogen-bond donors (Lipinski definition) is 2. The Labute approximate surface area is 161 Å². The lowest BCUT2D eigenvalue weighted by molar-refractivity contribution is -0.0434. The van der Waals surface area contributed by atoms with E-state index in [4.69, 9.17) is 19.6 Å². The van der Waals surface area contributed by atoms with Crippen LogP contribution in [-0.2, 0) is 11.2 Å². The number of rotatable bonds is 3. The van der Waals surface area contributed by atoms with Crippen molar-refractivity contribution in [3.8, 4) is 11.5 Å². The summed E-state index contributed by atoms with van der Waals surface area (Å²) < 4.78 is 16.9. The number of hydrogen-bond acceptors (Lipinski definition) is 7. The van der Waals surface area contributed by atoms with Gasteiger partial charge in [0.1, 0.15) is 17.6 Å². The second-order valence-corrected chi connectivity index (χ2v) is 6.62. The number of aryl methyl sites for hydroxylation is 1. The fourth-order valence-corrected chi connectivity index (χ4v) is 3.40. The molecule has 1 unspecified atom stereocenters. The lowest BCUT2D eigenvalue weighted by atomic mass is 10.0. The molecule has 5 rings (SSSR count). The van der Waals surface area contributed by atoms with E-state index in [1.54, 1.807) is 6.20 Å². The largest absolute Gasteiger partial charge is 0.467 e. The van der Waals surface area contributed by atoms with E-state index in [2.05, 4.69) is 15.3 Å². The zero-order valence-electron chi connectivity index (χ0n) is 15.0. The van der Waals surface area contributed by atoms with Crippen LogP contribution in [0.1, 0.15) is 29.3 Å². The van der Waals surface area contributed by atoms with Crippen molar-refractivity contribution < 1.29 is 14.2 Å². The van der Waals surface area contributed by atoms with Gasteiger partial charge in [-0.1, -0.05) is 24.3 Å². The number of nitrogens with zero attached hydrogens (tertiary/aromatic N) is 2. The van der Waals surface area contributed by atoms with Crippen molar-refractivity contribution in [2.75, 3.05) is 12.1 Å². The van der Waals surface area contributed by atoms with Crippen molar-refractivity contribution in [1.82, 2.24) is 9.97 Å². The van der Waals surface area contributed by atoms with Gasteiger partial charge in [-0.25, -0.2) is 9.97 Å². The maximum Gasteiger partial charge on any atom is 0.227 e. The third-order valence-electron chi connectivity index (χ3n) is 4.77. The molecular weight excluding hydrogens is 356 g/mol. The van der Waals surface area contributed by atoms with Gasteiger partial charge in [-0.2, -0.15) is 0 Å². The van der Waals surface area contributed by atoms with Gasteiger partial charge in [0.05, 0.1) is 5.69 Å². The van der Waals surface area contributed by atoms with Gasteiger partial charge in [0.25, 0.3) is 0 Å². The first-order valence-electron chi connectivity index (χ1n) is 9.08. The highest BCUT2D eigenvalue weighted by molar-refractivity contribution is 5.78. The second kappa shape index (κ2) is 6.94. The van der Waals surface area contributed by atoms with Gasteiger partial charge >= 0.3 is 0 Å². The topological polar surface area (TPSA) is 89.4 Å². The van der Waals surface area contributed by atoms with Crippen molar-refractivity contribution in [1.29, 1.82) is 5.41 Å². The number of fused-ring (bicyclic) bond motifs is 2. The van der Waals surface area contributed by atoms with Crippen LogP contribution in [0.3, 0.4) is 0 Å². The third kappa shape index (κ3) is 3.16. The monoisotopic (exact) mass is 374 g/mol. The minimum Gasteiger partial charge on any atom is -0.467 e. The van der Waals surface area contributed by atoms with Crippen molar-refractivity contribution in [2.45, 2.75) is 18.9 Å². The van der Waals surface area contributed by atoms with Gasteiger partial charge in [-0.15, -0.1) is 0 Å². The summed E-state index contributed by atoms with van der Waals surface area (Å²) in [6, 6.07) is 15.5. The Morgan fingerprint density at radius 1 is 1.04 bits per heavy atom. The van der Waals surface area contributed by atoms with Crippen molar-refractivity contribution in [2.24, 2.45) is 0 Å². The van der Waals surface area contributed by atoms with E-state index in [1.807, 2.05) is 48.5 Å². The summed E-state index contributed by atoms with van der Waals surface area (Å²) in [4.78, 5) is 8.95. The second-order valence-electron chi connectivity index (χ2n) is 6.62. The molecule has 28 heavy (non-hydrogen) atoms. The van der Waals surface area contributed by atoms with Gasteiger partial charge in [0, 0.05) is 29.9 Å². The molecule has 140 valence electrons. The molecule has 2 aliphatic rings. The predicted molar refractivity (Wildman–Crippen MR) is 103 cm³/mol. The number of nitrogens with one attached hydrogen (secondary N) is 2. The number of benzene rings is 2. The first-order chi connectivity index (χ1) is 13.8. The molecule has 2 aromatic carbocycles. The molecule has 0 aliphatic carbocycles. The fourth-order valence-electron chi connectivity index (χ4n) is 3.40. The predicted octanol–water partition coefficient (Wildman–Crippen LogP) is 3.98. The maximum atomic E-state index is 7.72. The average molecular weight is 374 g/mol. The minimum atomic E-state index is -0.305. The number of anilines is 2. The van der Waals surface area contributed by atoms with Crippen LogP contribution in [0.4, 0.5) is 11.6 Å². The Hall–Kier alpha value is -3.45. The molecule has 2 N–H and O–H groups in total. The number of aromatic nitrogens is 2. The van der Waals surface area contributed by atoms with E-state index in [9.17, 15) is 0 Å². The minimum absolute atomic E-state index is 0.183. The van der Waals surface area contributed by atoms with Crippen molar-refractivity contribution >= 4 is 17.5 Å². The number of ether oxygens (including phenoxy) is 3. The molecule has 0 bridgehead atoms. The van der Waals surface area contributed by atoms with Gasteiger partial charge in [0.2, 0.25) is 5.95 Å². The Bertz CT molecular complexity index is 1050. The molecule has 2 aliphatic heterocycles. The molecule has 0 spiro atoms. The van der Waals surface area contributed by atoms with Gasteiger partial charge in [-0.3, -0.25) is 5.41 Å². The average Bonchev–Trinajstić information content (AvgIpc) is 2.73. The Morgan fingerprint density at radius 3 is 2.93 bits per heavy atom. The van der Waals surface area contributed by atoms with Crippen molar-refractivity contribution in [3.63, 3.8) is 0 Å². The van der Waals surface area contributed by atoms with Crippen LogP contribution in [0.25, 0.3) is 0 Å². The van der Waals surface area contributed by atoms with Crippen LogP contribution in [0.15, 0.2) is 54.7 Å². The molecule has 0 saturated heterocycles. The highest BCUT2D eigenvalue weighted by atomic mass is 16.7. The van der Waals surface area contributed by atoms with Crippen LogP contribution < -0.4 is 14.8 Å². The van der Waals surface area contributed by atoms with E-state index >= 15 is 0 Å². The van der Waals surface area contributed by atoms with Crippen LogP contribution in [-0.4, -0.2) is 22.7 Å². The van der Waals surface area contributed by atoms with Gasteiger partial charge < -0.3 is 19.5 Å². The molecule has 1 aromatic heterocycles. The maximum absolute atomic E-state index is 7.72. The van der Waals surface area contributed by atoms with E-state index < -0.39 is 0 Å². The third-order valence-corrected chi connectivity index (χ3v) is 4.77. The molecule has 7 nitrogen and oxygen atoms in total. The summed E-state index contributed by atoms with van der Waals surface area (Å²) in [5.41, 5.74) is 3.60. The fraction of sp³-hybridized carbons (Fsp3) is 0.190. The summed E-state index contributed by atoms with van der Waals surface area (Å²) in [5, 5.41) is 10.9. The lowest BCUT2D eigenvalue weighted by Crippen LogP contribution is -2.19. The normalized spacial score (nSPS) is 17.7.